The molecule has 3 nitrogen and oxygen atoms in total. The average Bonchev–Trinajstić information content (AvgIpc) is 2.07. The molecule has 0 N–H and O–H groups in total. The molecule has 0 aromatic heterocycles. The third kappa shape index (κ3) is 1.96. The zero-order valence-electron chi connectivity index (χ0n) is 6.92. The van der Waals surface area contributed by atoms with E-state index in [-0.39, 0.29) is 11.2 Å². The van der Waals surface area contributed by atoms with Gasteiger partial charge in [0.05, 0.1) is 0 Å². The van der Waals surface area contributed by atoms with Gasteiger partial charge in [-0.25, -0.2) is 0 Å². The van der Waals surface area contributed by atoms with Crippen LogP contribution in [-0.4, -0.2) is 14.2 Å². The quantitative estimate of drug-likeness (QED) is 0.522. The summed E-state index contributed by atoms with van der Waals surface area (Å²) in [6, 6.07) is 0. The molecule has 1 aliphatic heterocycles. The Morgan fingerprint density at radius 3 is 2.18 bits per heavy atom. The van der Waals surface area contributed by atoms with Gasteiger partial charge in [-0.3, -0.25) is 0 Å². The standard InChI is InChI=1S/C7H12O3S/c1-7(2,3)6-4-10-11(8,9)5-6/h4H,5H2,1-3H3. The molecule has 11 heavy (non-hydrogen) atoms. The fourth-order valence-electron chi connectivity index (χ4n) is 0.783. The molecule has 1 aliphatic rings. The van der Waals surface area contributed by atoms with E-state index in [1.807, 2.05) is 20.8 Å². The van der Waals surface area contributed by atoms with Crippen LogP contribution in [0.3, 0.4) is 0 Å². The van der Waals surface area contributed by atoms with Crippen molar-refractivity contribution in [2.24, 2.45) is 5.41 Å². The zero-order chi connectivity index (χ0) is 8.70. The lowest BCUT2D eigenvalue weighted by atomic mass is 9.89. The van der Waals surface area contributed by atoms with Gasteiger partial charge in [-0.2, -0.15) is 8.42 Å². The Labute approximate surface area is 67.2 Å². The Hall–Kier alpha value is -0.510. The molecule has 1 rings (SSSR count). The van der Waals surface area contributed by atoms with E-state index in [1.54, 1.807) is 0 Å². The van der Waals surface area contributed by atoms with Gasteiger partial charge in [0.25, 0.3) is 0 Å². The van der Waals surface area contributed by atoms with Crippen molar-refractivity contribution in [2.45, 2.75) is 20.8 Å². The third-order valence-electron chi connectivity index (χ3n) is 1.63. The predicted molar refractivity (Wildman–Crippen MR) is 42.4 cm³/mol. The fraction of sp³-hybridized carbons (Fsp3) is 0.714. The van der Waals surface area contributed by atoms with Crippen LogP contribution in [0, 0.1) is 5.41 Å². The first-order valence-corrected chi connectivity index (χ1v) is 4.99. The van der Waals surface area contributed by atoms with Crippen molar-refractivity contribution < 1.29 is 12.6 Å². The van der Waals surface area contributed by atoms with Crippen LogP contribution in [0.1, 0.15) is 20.8 Å². The molecule has 4 heteroatoms. The summed E-state index contributed by atoms with van der Waals surface area (Å²) in [7, 11) is -3.27. The minimum atomic E-state index is -3.27. The van der Waals surface area contributed by atoms with E-state index in [9.17, 15) is 8.42 Å². The first-order valence-electron chi connectivity index (χ1n) is 3.42. The van der Waals surface area contributed by atoms with Gasteiger partial charge in [0.1, 0.15) is 12.0 Å². The minimum absolute atomic E-state index is 0.0382. The Balaban J connectivity index is 2.84. The second kappa shape index (κ2) is 2.24. The van der Waals surface area contributed by atoms with Crippen LogP contribution in [0.15, 0.2) is 11.8 Å². The largest absolute Gasteiger partial charge is 0.390 e. The van der Waals surface area contributed by atoms with E-state index in [2.05, 4.69) is 4.18 Å². The lowest BCUT2D eigenvalue weighted by molar-refractivity contribution is 0.449. The fourth-order valence-corrected chi connectivity index (χ4v) is 2.00. The highest BCUT2D eigenvalue weighted by atomic mass is 32.2. The molecule has 0 fully saturated rings. The first-order chi connectivity index (χ1) is 4.81. The lowest BCUT2D eigenvalue weighted by Crippen LogP contribution is -2.13. The van der Waals surface area contributed by atoms with Gasteiger partial charge in [-0.05, 0) is 11.0 Å². The summed E-state index contributed by atoms with van der Waals surface area (Å²) in [6.45, 7) is 5.88. The molecule has 0 spiro atoms. The van der Waals surface area contributed by atoms with Gasteiger partial charge < -0.3 is 4.18 Å². The Morgan fingerprint density at radius 1 is 1.45 bits per heavy atom. The number of rotatable bonds is 0. The maximum Gasteiger partial charge on any atom is 0.312 e. The molecule has 0 unspecified atom stereocenters. The summed E-state index contributed by atoms with van der Waals surface area (Å²) in [4.78, 5) is 0. The summed E-state index contributed by atoms with van der Waals surface area (Å²) in [6.07, 6.45) is 1.34. The normalized spacial score (nSPS) is 22.6. The second-order valence-electron chi connectivity index (χ2n) is 3.69. The maximum atomic E-state index is 10.8. The Morgan fingerprint density at radius 2 is 2.00 bits per heavy atom. The first kappa shape index (κ1) is 8.59. The molecule has 0 amide bonds. The van der Waals surface area contributed by atoms with Gasteiger partial charge in [-0.15, -0.1) is 0 Å². The Bertz CT molecular complexity index is 279. The van der Waals surface area contributed by atoms with E-state index in [1.165, 1.54) is 6.26 Å². The van der Waals surface area contributed by atoms with E-state index in [0.29, 0.717) is 0 Å². The molecule has 0 radical (unpaired) electrons. The van der Waals surface area contributed by atoms with E-state index >= 15 is 0 Å². The van der Waals surface area contributed by atoms with Crippen LogP contribution in [0.2, 0.25) is 0 Å². The lowest BCUT2D eigenvalue weighted by Gasteiger charge is -2.16. The number of hydrogen-bond acceptors (Lipinski definition) is 3. The Kier molecular flexibility index (Phi) is 1.75. The van der Waals surface area contributed by atoms with Crippen LogP contribution >= 0.6 is 0 Å². The maximum absolute atomic E-state index is 10.8. The summed E-state index contributed by atoms with van der Waals surface area (Å²) >= 11 is 0. The van der Waals surface area contributed by atoms with Crippen molar-refractivity contribution in [2.75, 3.05) is 5.75 Å². The van der Waals surface area contributed by atoms with Crippen LogP contribution in [0.4, 0.5) is 0 Å². The van der Waals surface area contributed by atoms with Crippen LogP contribution in [0.5, 0.6) is 0 Å². The molecule has 0 bridgehead atoms. The summed E-state index contributed by atoms with van der Waals surface area (Å²) in [5.74, 6) is 0.0382. The zero-order valence-corrected chi connectivity index (χ0v) is 7.73. The highest BCUT2D eigenvalue weighted by Crippen LogP contribution is 2.30. The molecule has 0 aromatic carbocycles. The third-order valence-corrected chi connectivity index (χ3v) is 2.69. The average molecular weight is 176 g/mol. The van der Waals surface area contributed by atoms with Gasteiger partial charge in [0, 0.05) is 0 Å². The molecule has 1 heterocycles. The minimum Gasteiger partial charge on any atom is -0.390 e. The molecule has 0 aromatic rings. The van der Waals surface area contributed by atoms with Crippen LogP contribution in [0.25, 0.3) is 0 Å². The van der Waals surface area contributed by atoms with Gasteiger partial charge in [0.15, 0.2) is 0 Å². The van der Waals surface area contributed by atoms with Crippen LogP contribution < -0.4 is 0 Å². The van der Waals surface area contributed by atoms with E-state index in [0.717, 1.165) is 5.57 Å². The highest BCUT2D eigenvalue weighted by Gasteiger charge is 2.29. The SMILES string of the molecule is CC(C)(C)C1=COS(=O)(=O)C1. The molecular formula is C7H12O3S. The van der Waals surface area contributed by atoms with Crippen molar-refractivity contribution >= 4 is 10.1 Å². The molecule has 0 saturated carbocycles. The van der Waals surface area contributed by atoms with Crippen molar-refractivity contribution in [3.05, 3.63) is 11.8 Å². The molecule has 64 valence electrons. The summed E-state index contributed by atoms with van der Waals surface area (Å²) < 4.78 is 26.1. The predicted octanol–water partition coefficient (Wildman–Crippen LogP) is 1.28. The smallest absolute Gasteiger partial charge is 0.312 e. The molecule has 0 atom stereocenters. The van der Waals surface area contributed by atoms with Gasteiger partial charge >= 0.3 is 10.1 Å². The van der Waals surface area contributed by atoms with E-state index < -0.39 is 10.1 Å². The van der Waals surface area contributed by atoms with Crippen molar-refractivity contribution in [1.29, 1.82) is 0 Å². The van der Waals surface area contributed by atoms with Gasteiger partial charge in [-0.1, -0.05) is 20.8 Å². The summed E-state index contributed by atoms with van der Waals surface area (Å²) in [5, 5.41) is 0. The number of hydrogen-bond donors (Lipinski definition) is 0. The molecule has 0 saturated heterocycles. The van der Waals surface area contributed by atoms with E-state index in [4.69, 9.17) is 0 Å². The molecule has 0 aliphatic carbocycles. The van der Waals surface area contributed by atoms with Gasteiger partial charge in [0.2, 0.25) is 0 Å². The monoisotopic (exact) mass is 176 g/mol. The molecular weight excluding hydrogens is 164 g/mol. The van der Waals surface area contributed by atoms with Crippen molar-refractivity contribution in [3.8, 4) is 0 Å². The van der Waals surface area contributed by atoms with Crippen molar-refractivity contribution in [3.63, 3.8) is 0 Å². The second-order valence-corrected chi connectivity index (χ2v) is 5.29. The topological polar surface area (TPSA) is 43.4 Å². The van der Waals surface area contributed by atoms with Crippen LogP contribution in [-0.2, 0) is 14.3 Å². The summed E-state index contributed by atoms with van der Waals surface area (Å²) in [5.41, 5.74) is 0.723. The highest BCUT2D eigenvalue weighted by molar-refractivity contribution is 7.87. The van der Waals surface area contributed by atoms with Crippen molar-refractivity contribution in [1.82, 2.24) is 0 Å².